The predicted molar refractivity (Wildman–Crippen MR) is 81.2 cm³/mol. The first-order chi connectivity index (χ1) is 9.70. The van der Waals surface area contributed by atoms with Gasteiger partial charge in [0.15, 0.2) is 0 Å². The topological polar surface area (TPSA) is 39.1 Å². The summed E-state index contributed by atoms with van der Waals surface area (Å²) in [4.78, 5) is 0. The maximum absolute atomic E-state index is 5.00. The average Bonchev–Trinajstić information content (AvgIpc) is 2.92. The first-order valence-electron chi connectivity index (χ1n) is 7.05. The van der Waals surface area contributed by atoms with Crippen LogP contribution in [0.3, 0.4) is 0 Å². The molecule has 0 bridgehead atoms. The molecule has 0 aliphatic carbocycles. The molecule has 0 amide bonds. The van der Waals surface area contributed by atoms with E-state index in [2.05, 4.69) is 48.5 Å². The van der Waals surface area contributed by atoms with Crippen LogP contribution in [0.15, 0.2) is 36.5 Å². The van der Waals surface area contributed by atoms with Crippen molar-refractivity contribution in [2.24, 2.45) is 0 Å². The molecule has 2 aromatic rings. The van der Waals surface area contributed by atoms with Crippen molar-refractivity contribution in [3.05, 3.63) is 47.8 Å². The second-order valence-electron chi connectivity index (χ2n) is 5.17. The van der Waals surface area contributed by atoms with Crippen LogP contribution in [0.4, 0.5) is 0 Å². The normalized spacial score (nSPS) is 11.2. The quantitative estimate of drug-likeness (QED) is 0.788. The van der Waals surface area contributed by atoms with Gasteiger partial charge in [0.1, 0.15) is 0 Å². The molecule has 1 N–H and O–H groups in total. The van der Waals surface area contributed by atoms with E-state index in [9.17, 15) is 0 Å². The smallest absolute Gasteiger partial charge is 0.0766 e. The highest BCUT2D eigenvalue weighted by Gasteiger charge is 2.03. The molecule has 20 heavy (non-hydrogen) atoms. The Kier molecular flexibility index (Phi) is 5.32. The van der Waals surface area contributed by atoms with Crippen LogP contribution in [0.5, 0.6) is 0 Å². The monoisotopic (exact) mass is 273 g/mol. The number of rotatable bonds is 7. The van der Waals surface area contributed by atoms with Crippen LogP contribution < -0.4 is 5.32 Å². The lowest BCUT2D eigenvalue weighted by atomic mass is 10.0. The van der Waals surface area contributed by atoms with Crippen molar-refractivity contribution >= 4 is 0 Å². The van der Waals surface area contributed by atoms with Crippen molar-refractivity contribution in [3.63, 3.8) is 0 Å². The first-order valence-corrected chi connectivity index (χ1v) is 7.05. The highest BCUT2D eigenvalue weighted by molar-refractivity contribution is 5.35. The van der Waals surface area contributed by atoms with Gasteiger partial charge in [0.05, 0.1) is 18.0 Å². The summed E-state index contributed by atoms with van der Waals surface area (Å²) in [6.07, 6.45) is 2.00. The van der Waals surface area contributed by atoms with Gasteiger partial charge in [-0.15, -0.1) is 0 Å². The number of ether oxygens (including phenoxy) is 1. The second-order valence-corrected chi connectivity index (χ2v) is 5.17. The second kappa shape index (κ2) is 7.22. The largest absolute Gasteiger partial charge is 0.383 e. The Morgan fingerprint density at radius 2 is 1.95 bits per heavy atom. The number of nitrogens with one attached hydrogen (secondary N) is 1. The summed E-state index contributed by atoms with van der Waals surface area (Å²) >= 11 is 0. The van der Waals surface area contributed by atoms with Crippen LogP contribution in [-0.2, 0) is 11.3 Å². The zero-order valence-electron chi connectivity index (χ0n) is 12.5. The van der Waals surface area contributed by atoms with Gasteiger partial charge in [0.25, 0.3) is 0 Å². The maximum atomic E-state index is 5.00. The van der Waals surface area contributed by atoms with Crippen molar-refractivity contribution in [2.75, 3.05) is 20.3 Å². The van der Waals surface area contributed by atoms with E-state index in [1.807, 2.05) is 16.9 Å². The standard InChI is InChI=1S/C16H23N3O/c1-13(2)14-4-6-16(7-5-14)19-10-8-15(18-19)12-17-9-11-20-3/h4-8,10,13,17H,9,11-12H2,1-3H3. The summed E-state index contributed by atoms with van der Waals surface area (Å²) in [7, 11) is 1.71. The van der Waals surface area contributed by atoms with Gasteiger partial charge in [-0.25, -0.2) is 4.68 Å². The molecule has 1 aromatic heterocycles. The Morgan fingerprint density at radius 1 is 1.20 bits per heavy atom. The number of nitrogens with zero attached hydrogens (tertiary/aromatic N) is 2. The van der Waals surface area contributed by atoms with E-state index in [0.29, 0.717) is 5.92 Å². The van der Waals surface area contributed by atoms with Gasteiger partial charge in [0.2, 0.25) is 0 Å². The van der Waals surface area contributed by atoms with Gasteiger partial charge in [0, 0.05) is 26.4 Å². The fourth-order valence-electron chi connectivity index (χ4n) is 2.00. The lowest BCUT2D eigenvalue weighted by molar-refractivity contribution is 0.199. The van der Waals surface area contributed by atoms with Crippen molar-refractivity contribution in [2.45, 2.75) is 26.3 Å². The molecule has 0 atom stereocenters. The van der Waals surface area contributed by atoms with Gasteiger partial charge in [-0.3, -0.25) is 0 Å². The van der Waals surface area contributed by atoms with E-state index < -0.39 is 0 Å². The Hall–Kier alpha value is -1.65. The van der Waals surface area contributed by atoms with Crippen LogP contribution in [-0.4, -0.2) is 30.0 Å². The minimum Gasteiger partial charge on any atom is -0.383 e. The van der Waals surface area contributed by atoms with E-state index in [0.717, 1.165) is 31.1 Å². The minimum absolute atomic E-state index is 0.558. The summed E-state index contributed by atoms with van der Waals surface area (Å²) in [6.45, 7) is 6.73. The lowest BCUT2D eigenvalue weighted by Gasteiger charge is -2.07. The molecule has 0 radical (unpaired) electrons. The molecule has 108 valence electrons. The number of hydrogen-bond acceptors (Lipinski definition) is 3. The van der Waals surface area contributed by atoms with Crippen molar-refractivity contribution in [1.29, 1.82) is 0 Å². The highest BCUT2D eigenvalue weighted by Crippen LogP contribution is 2.16. The van der Waals surface area contributed by atoms with E-state index in [-0.39, 0.29) is 0 Å². The molecule has 0 aliphatic rings. The molecule has 0 spiro atoms. The zero-order chi connectivity index (χ0) is 14.4. The van der Waals surface area contributed by atoms with Crippen LogP contribution >= 0.6 is 0 Å². The average molecular weight is 273 g/mol. The molecule has 0 unspecified atom stereocenters. The summed E-state index contributed by atoms with van der Waals surface area (Å²) in [5, 5.41) is 7.86. The van der Waals surface area contributed by atoms with E-state index in [4.69, 9.17) is 4.74 Å². The van der Waals surface area contributed by atoms with Crippen LogP contribution in [0.25, 0.3) is 5.69 Å². The fraction of sp³-hybridized carbons (Fsp3) is 0.438. The molecular formula is C16H23N3O. The molecule has 2 rings (SSSR count). The van der Waals surface area contributed by atoms with E-state index in [1.54, 1.807) is 7.11 Å². The number of hydrogen-bond donors (Lipinski definition) is 1. The third kappa shape index (κ3) is 3.92. The molecule has 1 heterocycles. The summed E-state index contributed by atoms with van der Waals surface area (Å²) in [5.41, 5.74) is 3.48. The highest BCUT2D eigenvalue weighted by atomic mass is 16.5. The predicted octanol–water partition coefficient (Wildman–Crippen LogP) is 2.73. The van der Waals surface area contributed by atoms with Crippen molar-refractivity contribution < 1.29 is 4.74 Å². The molecule has 0 saturated carbocycles. The van der Waals surface area contributed by atoms with Gasteiger partial charge in [-0.05, 0) is 29.7 Å². The van der Waals surface area contributed by atoms with Crippen molar-refractivity contribution in [3.8, 4) is 5.69 Å². The first kappa shape index (κ1) is 14.8. The van der Waals surface area contributed by atoms with Gasteiger partial charge in [-0.1, -0.05) is 26.0 Å². The number of aromatic nitrogens is 2. The molecule has 4 nitrogen and oxygen atoms in total. The number of benzene rings is 1. The SMILES string of the molecule is COCCNCc1ccn(-c2ccc(C(C)C)cc2)n1. The Labute approximate surface area is 120 Å². The minimum atomic E-state index is 0.558. The summed E-state index contributed by atoms with van der Waals surface area (Å²) in [5.74, 6) is 0.558. The molecule has 0 fully saturated rings. The van der Waals surface area contributed by atoms with Gasteiger partial charge < -0.3 is 10.1 Å². The summed E-state index contributed by atoms with van der Waals surface area (Å²) < 4.78 is 6.91. The van der Waals surface area contributed by atoms with E-state index >= 15 is 0 Å². The maximum Gasteiger partial charge on any atom is 0.0766 e. The third-order valence-corrected chi connectivity index (χ3v) is 3.26. The van der Waals surface area contributed by atoms with Crippen LogP contribution in [0.2, 0.25) is 0 Å². The zero-order valence-corrected chi connectivity index (χ0v) is 12.5. The number of methoxy groups -OCH3 is 1. The Bertz CT molecular complexity index is 517. The fourth-order valence-corrected chi connectivity index (χ4v) is 2.00. The van der Waals surface area contributed by atoms with Crippen LogP contribution in [0, 0.1) is 0 Å². The third-order valence-electron chi connectivity index (χ3n) is 3.26. The summed E-state index contributed by atoms with van der Waals surface area (Å²) in [6, 6.07) is 10.6. The van der Waals surface area contributed by atoms with Crippen LogP contribution in [0.1, 0.15) is 31.0 Å². The van der Waals surface area contributed by atoms with E-state index in [1.165, 1.54) is 5.56 Å². The van der Waals surface area contributed by atoms with Gasteiger partial charge >= 0.3 is 0 Å². The molecule has 1 aromatic carbocycles. The Balaban J connectivity index is 1.97. The lowest BCUT2D eigenvalue weighted by Crippen LogP contribution is -2.18. The molecule has 0 saturated heterocycles. The molecular weight excluding hydrogens is 250 g/mol. The molecule has 4 heteroatoms. The Morgan fingerprint density at radius 3 is 2.60 bits per heavy atom. The van der Waals surface area contributed by atoms with Crippen molar-refractivity contribution in [1.82, 2.24) is 15.1 Å². The van der Waals surface area contributed by atoms with Gasteiger partial charge in [-0.2, -0.15) is 5.10 Å². The molecule has 0 aliphatic heterocycles.